The quantitative estimate of drug-likeness (QED) is 0.804. The van der Waals surface area contributed by atoms with E-state index in [9.17, 15) is 9.18 Å². The lowest BCUT2D eigenvalue weighted by Crippen LogP contribution is -2.36. The molecule has 0 radical (unpaired) electrons. The Morgan fingerprint density at radius 3 is 2.38 bits per heavy atom. The Bertz CT molecular complexity index is 744. The summed E-state index contributed by atoms with van der Waals surface area (Å²) in [5.74, 6) is 0.501. The number of halogens is 1. The van der Waals surface area contributed by atoms with Gasteiger partial charge in [-0.15, -0.1) is 0 Å². The van der Waals surface area contributed by atoms with Crippen LogP contribution in [0.3, 0.4) is 0 Å². The molecule has 3 aliphatic rings. The van der Waals surface area contributed by atoms with Crippen LogP contribution in [-0.4, -0.2) is 34.5 Å². The summed E-state index contributed by atoms with van der Waals surface area (Å²) in [7, 11) is 3.44. The minimum Gasteiger partial charge on any atom is -0.342 e. The Hall–Kier alpha value is -1.65. The lowest BCUT2D eigenvalue weighted by Gasteiger charge is -2.17. The number of hydrogen-bond acceptors (Lipinski definition) is 2. The second-order valence-corrected chi connectivity index (χ2v) is 7.40. The molecule has 1 amide bonds. The van der Waals surface area contributed by atoms with Crippen LogP contribution in [0.2, 0.25) is 0 Å². The van der Waals surface area contributed by atoms with Gasteiger partial charge in [0.15, 0.2) is 0 Å². The van der Waals surface area contributed by atoms with Gasteiger partial charge < -0.3 is 9.47 Å². The molecule has 26 heavy (non-hydrogen) atoms. The number of carbonyl (C=O) groups excluding carboxylic acids is 1. The van der Waals surface area contributed by atoms with Gasteiger partial charge in [-0.2, -0.15) is 0 Å². The molecule has 0 aromatic carbocycles. The maximum absolute atomic E-state index is 14.5. The average Bonchev–Trinajstić information content (AvgIpc) is 3.05. The molecular formula is C21H34FN3O. The molecule has 4 nitrogen and oxygen atoms in total. The van der Waals surface area contributed by atoms with Crippen molar-refractivity contribution in [2.75, 3.05) is 14.1 Å². The molecule has 0 saturated heterocycles. The smallest absolute Gasteiger partial charge is 0.289 e. The van der Waals surface area contributed by atoms with Crippen molar-refractivity contribution in [2.45, 2.75) is 72.3 Å². The molecule has 2 atom stereocenters. The van der Waals surface area contributed by atoms with E-state index in [0.717, 1.165) is 24.6 Å². The highest BCUT2D eigenvalue weighted by atomic mass is 19.1. The maximum atomic E-state index is 14.5. The summed E-state index contributed by atoms with van der Waals surface area (Å²) in [4.78, 5) is 18.4. The van der Waals surface area contributed by atoms with E-state index in [4.69, 9.17) is 0 Å². The number of rotatable bonds is 2. The first-order valence-corrected chi connectivity index (χ1v) is 10.2. The van der Waals surface area contributed by atoms with E-state index in [1.165, 1.54) is 24.2 Å². The molecule has 0 aliphatic heterocycles. The maximum Gasteiger partial charge on any atom is 0.289 e. The number of imidazole rings is 1. The van der Waals surface area contributed by atoms with E-state index in [2.05, 4.69) is 24.9 Å². The SMILES string of the molecule is CC.CCC.CN(C)C(=O)c1nc2c(n1C1CCCC1)=CC1CC1C=2F. The molecule has 0 bridgehead atoms. The van der Waals surface area contributed by atoms with Gasteiger partial charge in [-0.1, -0.05) is 53.0 Å². The summed E-state index contributed by atoms with van der Waals surface area (Å²) < 4.78 is 16.5. The second kappa shape index (κ2) is 8.83. The van der Waals surface area contributed by atoms with Crippen LogP contribution in [0, 0.1) is 11.8 Å². The van der Waals surface area contributed by atoms with Crippen molar-refractivity contribution in [2.24, 2.45) is 11.8 Å². The molecule has 0 spiro atoms. The zero-order valence-electron chi connectivity index (χ0n) is 17.2. The second-order valence-electron chi connectivity index (χ2n) is 7.40. The lowest BCUT2D eigenvalue weighted by molar-refractivity contribution is 0.0808. The molecule has 3 aliphatic carbocycles. The number of nitrogens with zero attached hydrogens (tertiary/aromatic N) is 3. The lowest BCUT2D eigenvalue weighted by atomic mass is 10.1. The van der Waals surface area contributed by atoms with E-state index in [1.807, 2.05) is 18.4 Å². The highest BCUT2D eigenvalue weighted by Gasteiger charge is 2.43. The monoisotopic (exact) mass is 363 g/mol. The Labute approximate surface area is 156 Å². The minimum atomic E-state index is -0.133. The highest BCUT2D eigenvalue weighted by Crippen LogP contribution is 2.47. The average molecular weight is 364 g/mol. The van der Waals surface area contributed by atoms with Gasteiger partial charge in [0.05, 0.1) is 5.35 Å². The molecule has 1 aromatic rings. The standard InChI is InChI=1S/C16H20FN3O.C3H8.C2H6/c1-19(2)16(21)15-18-14-12(8-9-7-11(9)13(14)17)20(15)10-5-3-4-6-10;1-3-2;1-2/h8-11H,3-7H2,1-2H3;3H2,1-2H3;1-2H3. The molecule has 2 fully saturated rings. The number of fused-ring (bicyclic) bond motifs is 2. The minimum absolute atomic E-state index is 0.0201. The van der Waals surface area contributed by atoms with Crippen molar-refractivity contribution in [1.82, 2.24) is 14.5 Å². The van der Waals surface area contributed by atoms with Gasteiger partial charge in [-0.3, -0.25) is 4.79 Å². The molecule has 1 aromatic heterocycles. The Morgan fingerprint density at radius 1 is 1.27 bits per heavy atom. The molecule has 1 heterocycles. The van der Waals surface area contributed by atoms with E-state index in [0.29, 0.717) is 23.1 Å². The van der Waals surface area contributed by atoms with Crippen LogP contribution < -0.4 is 10.7 Å². The summed E-state index contributed by atoms with van der Waals surface area (Å²) >= 11 is 0. The third-order valence-corrected chi connectivity index (χ3v) is 5.00. The number of amides is 1. The summed E-state index contributed by atoms with van der Waals surface area (Å²) in [6, 6.07) is 0.291. The first-order chi connectivity index (χ1) is 12.5. The summed E-state index contributed by atoms with van der Waals surface area (Å²) in [6.07, 6.45) is 8.74. The third-order valence-electron chi connectivity index (χ3n) is 5.00. The van der Waals surface area contributed by atoms with Crippen molar-refractivity contribution >= 4 is 17.8 Å². The van der Waals surface area contributed by atoms with Crippen LogP contribution in [0.5, 0.6) is 0 Å². The van der Waals surface area contributed by atoms with E-state index in [-0.39, 0.29) is 17.7 Å². The fourth-order valence-electron chi connectivity index (χ4n) is 3.73. The van der Waals surface area contributed by atoms with Crippen molar-refractivity contribution in [1.29, 1.82) is 0 Å². The van der Waals surface area contributed by atoms with Gasteiger partial charge >= 0.3 is 0 Å². The Morgan fingerprint density at radius 2 is 1.85 bits per heavy atom. The van der Waals surface area contributed by atoms with Crippen molar-refractivity contribution in [3.05, 3.63) is 16.5 Å². The molecule has 5 heteroatoms. The highest BCUT2D eigenvalue weighted by molar-refractivity contribution is 5.90. The molecule has 0 N–H and O–H groups in total. The van der Waals surface area contributed by atoms with Crippen LogP contribution in [0.15, 0.2) is 0 Å². The molecular weight excluding hydrogens is 329 g/mol. The van der Waals surface area contributed by atoms with Crippen LogP contribution in [0.4, 0.5) is 4.39 Å². The van der Waals surface area contributed by atoms with Crippen LogP contribution in [0.1, 0.15) is 82.9 Å². The summed E-state index contributed by atoms with van der Waals surface area (Å²) in [6.45, 7) is 8.25. The Kier molecular flexibility index (Phi) is 7.01. The van der Waals surface area contributed by atoms with E-state index < -0.39 is 0 Å². The van der Waals surface area contributed by atoms with Crippen molar-refractivity contribution in [3.8, 4) is 0 Å². The van der Waals surface area contributed by atoms with Gasteiger partial charge in [-0.25, -0.2) is 9.37 Å². The first kappa shape index (κ1) is 20.7. The molecule has 146 valence electrons. The van der Waals surface area contributed by atoms with Crippen molar-refractivity contribution in [3.63, 3.8) is 0 Å². The van der Waals surface area contributed by atoms with Crippen LogP contribution in [0.25, 0.3) is 11.9 Å². The Balaban J connectivity index is 0.000000444. The topological polar surface area (TPSA) is 38.1 Å². The predicted molar refractivity (Wildman–Crippen MR) is 105 cm³/mol. The first-order valence-electron chi connectivity index (χ1n) is 10.2. The normalized spacial score (nSPS) is 22.8. The largest absolute Gasteiger partial charge is 0.342 e. The predicted octanol–water partition coefficient (Wildman–Crippen LogP) is 3.65. The van der Waals surface area contributed by atoms with Gasteiger partial charge in [0, 0.05) is 26.1 Å². The third kappa shape index (κ3) is 3.86. The van der Waals surface area contributed by atoms with Gasteiger partial charge in [0.25, 0.3) is 5.91 Å². The summed E-state index contributed by atoms with van der Waals surface area (Å²) in [5.41, 5.74) is 0. The summed E-state index contributed by atoms with van der Waals surface area (Å²) in [5, 5.41) is 1.27. The molecule has 2 saturated carbocycles. The molecule has 2 unspecified atom stereocenters. The number of carbonyl (C=O) groups is 1. The van der Waals surface area contributed by atoms with Crippen molar-refractivity contribution < 1.29 is 9.18 Å². The van der Waals surface area contributed by atoms with E-state index >= 15 is 0 Å². The zero-order chi connectivity index (χ0) is 19.4. The van der Waals surface area contributed by atoms with Gasteiger partial charge in [0.1, 0.15) is 11.2 Å². The number of hydrogen-bond donors (Lipinski definition) is 0. The fourth-order valence-corrected chi connectivity index (χ4v) is 3.73. The van der Waals surface area contributed by atoms with Gasteiger partial charge in [0.2, 0.25) is 5.82 Å². The zero-order valence-corrected chi connectivity index (χ0v) is 17.2. The number of aromatic nitrogens is 2. The van der Waals surface area contributed by atoms with E-state index in [1.54, 1.807) is 14.1 Å². The van der Waals surface area contributed by atoms with Gasteiger partial charge in [-0.05, 0) is 25.2 Å². The molecule has 4 rings (SSSR count). The van der Waals surface area contributed by atoms with Crippen LogP contribution in [-0.2, 0) is 0 Å². The van der Waals surface area contributed by atoms with Crippen LogP contribution >= 0.6 is 0 Å². The fraction of sp³-hybridized carbons (Fsp3) is 0.714.